The minimum Gasteiger partial charge on any atom is -0.312 e. The number of hydrogen-bond donors (Lipinski definition) is 1. The van der Waals surface area contributed by atoms with Crippen LogP contribution < -0.4 is 5.32 Å². The van der Waals surface area contributed by atoms with E-state index in [1.165, 1.54) is 71.4 Å². The van der Waals surface area contributed by atoms with Crippen LogP contribution in [0.1, 0.15) is 46.0 Å². The molecule has 3 heteroatoms. The average Bonchev–Trinajstić information content (AvgIpc) is 2.82. The molecule has 0 amide bonds. The topological polar surface area (TPSA) is 18.5 Å². The first-order chi connectivity index (χ1) is 8.85. The summed E-state index contributed by atoms with van der Waals surface area (Å²) in [5, 5.41) is 3.82. The van der Waals surface area contributed by atoms with Crippen LogP contribution in [0, 0.1) is 0 Å². The van der Waals surface area contributed by atoms with Crippen LogP contribution in [-0.4, -0.2) is 61.2 Å². The zero-order valence-corrected chi connectivity index (χ0v) is 12.3. The first kappa shape index (κ1) is 14.3. The summed E-state index contributed by atoms with van der Waals surface area (Å²) < 4.78 is 0. The van der Waals surface area contributed by atoms with E-state index in [-0.39, 0.29) is 0 Å². The van der Waals surface area contributed by atoms with Crippen LogP contribution >= 0.6 is 0 Å². The molecule has 2 heterocycles. The maximum atomic E-state index is 3.82. The van der Waals surface area contributed by atoms with Gasteiger partial charge in [0.05, 0.1) is 0 Å². The molecule has 2 atom stereocenters. The molecule has 0 aromatic heterocycles. The van der Waals surface area contributed by atoms with E-state index in [4.69, 9.17) is 0 Å². The molecule has 1 N–H and O–H groups in total. The lowest BCUT2D eigenvalue weighted by Crippen LogP contribution is -2.45. The standard InChI is InChI=1S/C15H31N3/c1-3-17(4-2)11-7-10-16-14-9-13-18-12-6-5-8-15(14)18/h14-16H,3-13H2,1-2H3. The minimum absolute atomic E-state index is 0.780. The fourth-order valence-electron chi connectivity index (χ4n) is 3.62. The zero-order valence-electron chi connectivity index (χ0n) is 12.3. The average molecular weight is 253 g/mol. The van der Waals surface area contributed by atoms with Crippen LogP contribution in [-0.2, 0) is 0 Å². The van der Waals surface area contributed by atoms with Crippen LogP contribution in [0.4, 0.5) is 0 Å². The zero-order chi connectivity index (χ0) is 12.8. The van der Waals surface area contributed by atoms with E-state index >= 15 is 0 Å². The van der Waals surface area contributed by atoms with E-state index in [1.54, 1.807) is 0 Å². The van der Waals surface area contributed by atoms with E-state index in [2.05, 4.69) is 29.0 Å². The second kappa shape index (κ2) is 7.46. The van der Waals surface area contributed by atoms with Gasteiger partial charge < -0.3 is 10.2 Å². The lowest BCUT2D eigenvalue weighted by molar-refractivity contribution is 0.180. The van der Waals surface area contributed by atoms with E-state index in [0.717, 1.165) is 12.1 Å². The highest BCUT2D eigenvalue weighted by Gasteiger charge is 2.34. The molecule has 0 saturated carbocycles. The summed E-state index contributed by atoms with van der Waals surface area (Å²) in [6, 6.07) is 1.63. The monoisotopic (exact) mass is 253 g/mol. The molecule has 2 rings (SSSR count). The second-order valence-electron chi connectivity index (χ2n) is 5.83. The van der Waals surface area contributed by atoms with Gasteiger partial charge in [-0.25, -0.2) is 0 Å². The van der Waals surface area contributed by atoms with Gasteiger partial charge in [-0.05, 0) is 58.4 Å². The number of nitrogens with zero attached hydrogens (tertiary/aromatic N) is 2. The second-order valence-corrected chi connectivity index (χ2v) is 5.83. The summed E-state index contributed by atoms with van der Waals surface area (Å²) >= 11 is 0. The highest BCUT2D eigenvalue weighted by Crippen LogP contribution is 2.26. The van der Waals surface area contributed by atoms with Gasteiger partial charge in [-0.1, -0.05) is 20.3 Å². The maximum absolute atomic E-state index is 3.82. The van der Waals surface area contributed by atoms with Crippen molar-refractivity contribution in [2.45, 2.75) is 58.0 Å². The van der Waals surface area contributed by atoms with E-state index in [9.17, 15) is 0 Å². The number of hydrogen-bond acceptors (Lipinski definition) is 3. The summed E-state index contributed by atoms with van der Waals surface area (Å²) in [5.41, 5.74) is 0. The highest BCUT2D eigenvalue weighted by atomic mass is 15.2. The molecule has 2 aliphatic heterocycles. The van der Waals surface area contributed by atoms with Crippen LogP contribution in [0.2, 0.25) is 0 Å². The highest BCUT2D eigenvalue weighted by molar-refractivity contribution is 4.93. The van der Waals surface area contributed by atoms with Crippen molar-refractivity contribution in [3.63, 3.8) is 0 Å². The molecule has 0 aromatic rings. The Labute approximate surface area is 113 Å². The lowest BCUT2D eigenvalue weighted by atomic mass is 9.99. The number of nitrogens with one attached hydrogen (secondary N) is 1. The third kappa shape index (κ3) is 3.69. The molecule has 0 aliphatic carbocycles. The van der Waals surface area contributed by atoms with Gasteiger partial charge >= 0.3 is 0 Å². The molecule has 18 heavy (non-hydrogen) atoms. The van der Waals surface area contributed by atoms with E-state index < -0.39 is 0 Å². The first-order valence-electron chi connectivity index (χ1n) is 8.05. The van der Waals surface area contributed by atoms with Gasteiger partial charge in [-0.2, -0.15) is 0 Å². The van der Waals surface area contributed by atoms with Gasteiger partial charge in [0.2, 0.25) is 0 Å². The molecule has 0 radical (unpaired) electrons. The van der Waals surface area contributed by atoms with Crippen molar-refractivity contribution in [3.05, 3.63) is 0 Å². The van der Waals surface area contributed by atoms with Crippen molar-refractivity contribution < 1.29 is 0 Å². The fraction of sp³-hybridized carbons (Fsp3) is 1.00. The van der Waals surface area contributed by atoms with Crippen molar-refractivity contribution in [3.8, 4) is 0 Å². The predicted octanol–water partition coefficient (Wildman–Crippen LogP) is 1.93. The summed E-state index contributed by atoms with van der Waals surface area (Å²) in [4.78, 5) is 5.23. The summed E-state index contributed by atoms with van der Waals surface area (Å²) in [6.07, 6.45) is 6.96. The van der Waals surface area contributed by atoms with E-state index in [1.807, 2.05) is 0 Å². The Bertz CT molecular complexity index is 228. The van der Waals surface area contributed by atoms with Gasteiger partial charge in [0.25, 0.3) is 0 Å². The third-order valence-electron chi connectivity index (χ3n) is 4.81. The largest absolute Gasteiger partial charge is 0.312 e. The Morgan fingerprint density at radius 2 is 1.94 bits per heavy atom. The summed E-state index contributed by atoms with van der Waals surface area (Å²) in [7, 11) is 0. The molecule has 0 spiro atoms. The molecular weight excluding hydrogens is 222 g/mol. The third-order valence-corrected chi connectivity index (χ3v) is 4.81. The van der Waals surface area contributed by atoms with Gasteiger partial charge in [0.15, 0.2) is 0 Å². The SMILES string of the molecule is CCN(CC)CCCNC1CCN2CCCCC12. The molecule has 2 aliphatic rings. The molecule has 0 aromatic carbocycles. The van der Waals surface area contributed by atoms with Crippen molar-refractivity contribution in [2.24, 2.45) is 0 Å². The molecule has 2 fully saturated rings. The Balaban J connectivity index is 1.62. The Morgan fingerprint density at radius 1 is 1.11 bits per heavy atom. The smallest absolute Gasteiger partial charge is 0.0249 e. The van der Waals surface area contributed by atoms with Crippen molar-refractivity contribution in [2.75, 3.05) is 39.3 Å². The molecule has 3 nitrogen and oxygen atoms in total. The van der Waals surface area contributed by atoms with Gasteiger partial charge in [-0.3, -0.25) is 4.90 Å². The Kier molecular flexibility index (Phi) is 5.93. The Morgan fingerprint density at radius 3 is 2.72 bits per heavy atom. The first-order valence-corrected chi connectivity index (χ1v) is 8.05. The maximum Gasteiger partial charge on any atom is 0.0249 e. The van der Waals surface area contributed by atoms with Gasteiger partial charge in [-0.15, -0.1) is 0 Å². The Hall–Kier alpha value is -0.120. The van der Waals surface area contributed by atoms with E-state index in [0.29, 0.717) is 0 Å². The van der Waals surface area contributed by atoms with Crippen LogP contribution in [0.25, 0.3) is 0 Å². The number of rotatable bonds is 7. The van der Waals surface area contributed by atoms with Crippen molar-refractivity contribution in [1.82, 2.24) is 15.1 Å². The molecule has 2 unspecified atom stereocenters. The van der Waals surface area contributed by atoms with Crippen LogP contribution in [0.15, 0.2) is 0 Å². The van der Waals surface area contributed by atoms with Crippen molar-refractivity contribution in [1.29, 1.82) is 0 Å². The molecule has 0 bridgehead atoms. The lowest BCUT2D eigenvalue weighted by Gasteiger charge is -2.32. The fourth-order valence-corrected chi connectivity index (χ4v) is 3.62. The minimum atomic E-state index is 0.780. The number of piperidine rings is 1. The summed E-state index contributed by atoms with van der Waals surface area (Å²) in [5.74, 6) is 0. The normalized spacial score (nSPS) is 28.8. The number of fused-ring (bicyclic) bond motifs is 1. The van der Waals surface area contributed by atoms with Gasteiger partial charge in [0, 0.05) is 18.6 Å². The van der Waals surface area contributed by atoms with Crippen molar-refractivity contribution >= 4 is 0 Å². The van der Waals surface area contributed by atoms with Gasteiger partial charge in [0.1, 0.15) is 0 Å². The van der Waals surface area contributed by atoms with Crippen LogP contribution in [0.5, 0.6) is 0 Å². The molecule has 106 valence electrons. The summed E-state index contributed by atoms with van der Waals surface area (Å²) in [6.45, 7) is 12.0. The molecule has 2 saturated heterocycles. The van der Waals surface area contributed by atoms with Crippen LogP contribution in [0.3, 0.4) is 0 Å². The quantitative estimate of drug-likeness (QED) is 0.700. The predicted molar refractivity (Wildman–Crippen MR) is 78.0 cm³/mol. The molecular formula is C15H31N3.